The minimum absolute atomic E-state index is 0.119. The molecule has 32 heavy (non-hydrogen) atoms. The molecule has 0 fully saturated rings. The molecule has 2 heterocycles. The lowest BCUT2D eigenvalue weighted by Crippen LogP contribution is -2.30. The lowest BCUT2D eigenvalue weighted by atomic mass is 10.1. The van der Waals surface area contributed by atoms with Crippen LogP contribution >= 0.6 is 11.6 Å². The summed E-state index contributed by atoms with van der Waals surface area (Å²) in [6.45, 7) is 4.35. The van der Waals surface area contributed by atoms with Gasteiger partial charge >= 0.3 is 0 Å². The smallest absolute Gasteiger partial charge is 0.258 e. The van der Waals surface area contributed by atoms with Crippen LogP contribution in [0.2, 0.25) is 5.02 Å². The molecule has 9 nitrogen and oxygen atoms in total. The average Bonchev–Trinajstić information content (AvgIpc) is 3.15. The number of amides is 1. The quantitative estimate of drug-likeness (QED) is 0.370. The number of hydrogen-bond acceptors (Lipinski definition) is 6. The monoisotopic (exact) mass is 459 g/mol. The Hall–Kier alpha value is -3.53. The Morgan fingerprint density at radius 2 is 2.03 bits per heavy atom. The number of rotatable bonds is 7. The third-order valence-electron chi connectivity index (χ3n) is 4.72. The molecule has 1 aliphatic heterocycles. The van der Waals surface area contributed by atoms with Gasteiger partial charge in [0.05, 0.1) is 47.9 Å². The zero-order valence-corrected chi connectivity index (χ0v) is 18.4. The molecule has 0 aliphatic carbocycles. The number of aliphatic imine (C=N–C) groups is 2. The van der Waals surface area contributed by atoms with E-state index in [1.807, 2.05) is 0 Å². The molecule has 4 N–H and O–H groups in total. The van der Waals surface area contributed by atoms with Crippen molar-refractivity contribution in [3.05, 3.63) is 57.5 Å². The average molecular weight is 460 g/mol. The molecular formula is C21H23ClFN7O2. The molecule has 3 rings (SSSR count). The fourth-order valence-corrected chi connectivity index (χ4v) is 3.24. The second kappa shape index (κ2) is 10.2. The lowest BCUT2D eigenvalue weighted by molar-refractivity contribution is 0.0794. The first kappa shape index (κ1) is 23.1. The Balaban J connectivity index is 1.76. The van der Waals surface area contributed by atoms with E-state index in [1.54, 1.807) is 13.8 Å². The standard InChI is InChI=1S/C21H23ClFN7O2/c1-12-19(22)13(2)29-20(28-12)16-8-30(9-17(16)25)21(31)15-4-3-14(23)7-18(15)32-6-5-26-11-27-10-24/h3-4,7,10-11H,5-6,8-9,25H2,1-2H3,(H2,24,26,27). The fraction of sp³-hybridized carbons (Fsp3) is 0.286. The van der Waals surface area contributed by atoms with Crippen LogP contribution in [-0.4, -0.2) is 59.7 Å². The van der Waals surface area contributed by atoms with Crippen LogP contribution in [0.3, 0.4) is 0 Å². The minimum Gasteiger partial charge on any atom is -0.491 e. The zero-order chi connectivity index (χ0) is 23.3. The van der Waals surface area contributed by atoms with Crippen LogP contribution in [0.5, 0.6) is 5.75 Å². The van der Waals surface area contributed by atoms with Crippen molar-refractivity contribution in [2.75, 3.05) is 26.2 Å². The minimum atomic E-state index is -0.520. The molecule has 11 heteroatoms. The maximum Gasteiger partial charge on any atom is 0.258 e. The number of hydrogen-bond donors (Lipinski definition) is 2. The van der Waals surface area contributed by atoms with E-state index < -0.39 is 5.82 Å². The summed E-state index contributed by atoms with van der Waals surface area (Å²) in [7, 11) is 0. The largest absolute Gasteiger partial charge is 0.491 e. The predicted octanol–water partition coefficient (Wildman–Crippen LogP) is 2.11. The van der Waals surface area contributed by atoms with Gasteiger partial charge in [-0.05, 0) is 26.0 Å². The second-order valence-electron chi connectivity index (χ2n) is 7.01. The van der Waals surface area contributed by atoms with Gasteiger partial charge in [0.25, 0.3) is 5.91 Å². The molecule has 0 spiro atoms. The van der Waals surface area contributed by atoms with Crippen LogP contribution in [0.25, 0.3) is 5.57 Å². The topological polar surface area (TPSA) is 132 Å². The second-order valence-corrected chi connectivity index (χ2v) is 7.38. The van der Waals surface area contributed by atoms with Gasteiger partial charge in [0.2, 0.25) is 0 Å². The van der Waals surface area contributed by atoms with Crippen molar-refractivity contribution in [1.29, 1.82) is 0 Å². The predicted molar refractivity (Wildman–Crippen MR) is 121 cm³/mol. The van der Waals surface area contributed by atoms with Gasteiger partial charge < -0.3 is 21.1 Å². The van der Waals surface area contributed by atoms with Gasteiger partial charge in [0.15, 0.2) is 5.82 Å². The van der Waals surface area contributed by atoms with Crippen LogP contribution in [0, 0.1) is 19.7 Å². The highest BCUT2D eigenvalue weighted by atomic mass is 35.5. The number of nitrogens with two attached hydrogens (primary N) is 2. The zero-order valence-electron chi connectivity index (χ0n) is 17.7. The first-order valence-electron chi connectivity index (χ1n) is 9.73. The maximum absolute atomic E-state index is 13.8. The molecule has 0 saturated heterocycles. The van der Waals surface area contributed by atoms with Crippen molar-refractivity contribution in [3.63, 3.8) is 0 Å². The van der Waals surface area contributed by atoms with Crippen LogP contribution in [0.15, 0.2) is 33.9 Å². The summed E-state index contributed by atoms with van der Waals surface area (Å²) in [5.74, 6) is -0.315. The molecule has 2 aromatic rings. The van der Waals surface area contributed by atoms with Gasteiger partial charge in [-0.15, -0.1) is 0 Å². The summed E-state index contributed by atoms with van der Waals surface area (Å²) >= 11 is 6.16. The van der Waals surface area contributed by atoms with Gasteiger partial charge in [-0.1, -0.05) is 11.6 Å². The van der Waals surface area contributed by atoms with Gasteiger partial charge in [-0.3, -0.25) is 9.79 Å². The van der Waals surface area contributed by atoms with Gasteiger partial charge in [0, 0.05) is 17.3 Å². The molecule has 168 valence electrons. The molecule has 0 unspecified atom stereocenters. The number of nitrogens with zero attached hydrogens (tertiary/aromatic N) is 5. The fourth-order valence-electron chi connectivity index (χ4n) is 3.16. The van der Waals surface area contributed by atoms with E-state index in [1.165, 1.54) is 23.4 Å². The number of aryl methyl sites for hydroxylation is 2. The summed E-state index contributed by atoms with van der Waals surface area (Å²) < 4.78 is 19.4. The van der Waals surface area contributed by atoms with E-state index >= 15 is 0 Å². The lowest BCUT2D eigenvalue weighted by Gasteiger charge is -2.19. The highest BCUT2D eigenvalue weighted by Gasteiger charge is 2.29. The molecule has 1 aromatic carbocycles. The van der Waals surface area contributed by atoms with Crippen molar-refractivity contribution in [1.82, 2.24) is 14.9 Å². The van der Waals surface area contributed by atoms with Gasteiger partial charge in [0.1, 0.15) is 24.5 Å². The van der Waals surface area contributed by atoms with Crippen LogP contribution in [0.1, 0.15) is 27.6 Å². The SMILES string of the molecule is Cc1nc(C2=C(N)CN(C(=O)c3ccc(F)cc3OCCN=CN=CN)C2)nc(C)c1Cl. The highest BCUT2D eigenvalue weighted by molar-refractivity contribution is 6.31. The Morgan fingerprint density at radius 1 is 1.31 bits per heavy atom. The highest BCUT2D eigenvalue weighted by Crippen LogP contribution is 2.28. The maximum atomic E-state index is 13.8. The molecule has 0 atom stereocenters. The van der Waals surface area contributed by atoms with Crippen LogP contribution < -0.4 is 16.2 Å². The van der Waals surface area contributed by atoms with Crippen molar-refractivity contribution in [3.8, 4) is 5.75 Å². The van der Waals surface area contributed by atoms with Crippen molar-refractivity contribution >= 4 is 35.8 Å². The van der Waals surface area contributed by atoms with E-state index in [-0.39, 0.29) is 43.5 Å². The van der Waals surface area contributed by atoms with Crippen LogP contribution in [0.4, 0.5) is 4.39 Å². The molecule has 0 bridgehead atoms. The molecular weight excluding hydrogens is 437 g/mol. The van der Waals surface area contributed by atoms with E-state index in [0.29, 0.717) is 33.5 Å². The van der Waals surface area contributed by atoms with E-state index in [0.717, 1.165) is 12.4 Å². The number of halogens is 2. The van der Waals surface area contributed by atoms with E-state index in [9.17, 15) is 9.18 Å². The normalized spacial score (nSPS) is 14.2. The first-order valence-corrected chi connectivity index (χ1v) is 10.1. The number of carbonyl (C=O) groups is 1. The van der Waals surface area contributed by atoms with E-state index in [4.69, 9.17) is 27.8 Å². The molecule has 1 aromatic heterocycles. The van der Waals surface area contributed by atoms with Crippen LogP contribution in [-0.2, 0) is 0 Å². The summed E-state index contributed by atoms with van der Waals surface area (Å²) in [4.78, 5) is 31.1. The molecule has 1 amide bonds. The van der Waals surface area contributed by atoms with Crippen molar-refractivity contribution in [2.45, 2.75) is 13.8 Å². The molecule has 0 saturated carbocycles. The van der Waals surface area contributed by atoms with Gasteiger partial charge in [-0.25, -0.2) is 19.4 Å². The summed E-state index contributed by atoms with van der Waals surface area (Å²) in [6.07, 6.45) is 2.39. The number of benzene rings is 1. The Kier molecular flexibility index (Phi) is 7.37. The van der Waals surface area contributed by atoms with E-state index in [2.05, 4.69) is 20.0 Å². The van der Waals surface area contributed by atoms with Crippen molar-refractivity contribution in [2.24, 2.45) is 21.5 Å². The van der Waals surface area contributed by atoms with Gasteiger partial charge in [-0.2, -0.15) is 0 Å². The summed E-state index contributed by atoms with van der Waals surface area (Å²) in [6, 6.07) is 3.75. The molecule has 1 aliphatic rings. The third-order valence-corrected chi connectivity index (χ3v) is 5.27. The number of ether oxygens (including phenoxy) is 1. The third kappa shape index (κ3) is 5.20. The Morgan fingerprint density at radius 3 is 2.72 bits per heavy atom. The number of carbonyl (C=O) groups excluding carboxylic acids is 1. The first-order chi connectivity index (χ1) is 15.3. The van der Waals surface area contributed by atoms with Crippen molar-refractivity contribution < 1.29 is 13.9 Å². The summed E-state index contributed by atoms with van der Waals surface area (Å²) in [5.41, 5.74) is 13.9. The Bertz CT molecular complexity index is 1090. The Labute approximate surface area is 189 Å². The number of aromatic nitrogens is 2. The molecule has 0 radical (unpaired) electrons. The summed E-state index contributed by atoms with van der Waals surface area (Å²) in [5, 5.41) is 0.492.